The quantitative estimate of drug-likeness (QED) is 0.608. The van der Waals surface area contributed by atoms with Crippen LogP contribution in [0.15, 0.2) is 18.2 Å². The first kappa shape index (κ1) is 11.3. The molecule has 0 aliphatic rings. The topological polar surface area (TPSA) is 0 Å². The Morgan fingerprint density at radius 2 is 1.64 bits per heavy atom. The van der Waals surface area contributed by atoms with Gasteiger partial charge in [0.05, 0.1) is 0 Å². The third-order valence-electron chi connectivity index (χ3n) is 2.82. The highest BCUT2D eigenvalue weighted by Gasteiger charge is 2.00. The van der Waals surface area contributed by atoms with Crippen LogP contribution in [-0.4, -0.2) is 0 Å². The van der Waals surface area contributed by atoms with E-state index in [1.165, 1.54) is 36.8 Å². The summed E-state index contributed by atoms with van der Waals surface area (Å²) < 4.78 is 0. The first-order chi connectivity index (χ1) is 6.75. The first-order valence-electron chi connectivity index (χ1n) is 5.60. The minimum Gasteiger partial charge on any atom is -0.0617 e. The molecule has 1 radical (unpaired) electrons. The molecule has 0 aromatic heterocycles. The largest absolute Gasteiger partial charge is 0.0617 e. The summed E-state index contributed by atoms with van der Waals surface area (Å²) >= 11 is 0. The Bertz CT molecular complexity index is 253. The van der Waals surface area contributed by atoms with Gasteiger partial charge in [-0.05, 0) is 43.4 Å². The van der Waals surface area contributed by atoms with E-state index in [1.807, 2.05) is 0 Å². The summed E-state index contributed by atoms with van der Waals surface area (Å²) in [6.07, 6.45) is 6.20. The molecule has 1 rings (SSSR count). The fraction of sp³-hybridized carbons (Fsp3) is 0.500. The lowest BCUT2D eigenvalue weighted by Crippen LogP contribution is -1.93. The van der Waals surface area contributed by atoms with Crippen molar-refractivity contribution in [2.45, 2.75) is 46.0 Å². The molecule has 0 bridgehead atoms. The van der Waals surface area contributed by atoms with E-state index >= 15 is 0 Å². The summed E-state index contributed by atoms with van der Waals surface area (Å²) in [5, 5.41) is 0. The molecule has 77 valence electrons. The van der Waals surface area contributed by atoms with Crippen LogP contribution in [0.25, 0.3) is 0 Å². The zero-order valence-electron chi connectivity index (χ0n) is 9.47. The molecule has 0 fully saturated rings. The maximum atomic E-state index is 3.87. The van der Waals surface area contributed by atoms with Crippen LogP contribution in [0.4, 0.5) is 0 Å². The van der Waals surface area contributed by atoms with Gasteiger partial charge >= 0.3 is 0 Å². The van der Waals surface area contributed by atoms with E-state index in [-0.39, 0.29) is 0 Å². The van der Waals surface area contributed by atoms with Crippen LogP contribution in [0.5, 0.6) is 0 Å². The number of hydrogen-bond donors (Lipinski definition) is 0. The van der Waals surface area contributed by atoms with Crippen LogP contribution in [0, 0.1) is 20.8 Å². The number of rotatable bonds is 5. The Morgan fingerprint density at radius 3 is 2.21 bits per heavy atom. The van der Waals surface area contributed by atoms with Crippen molar-refractivity contribution in [3.8, 4) is 0 Å². The maximum absolute atomic E-state index is 3.87. The third kappa shape index (κ3) is 3.17. The molecule has 0 N–H and O–H groups in total. The Morgan fingerprint density at radius 1 is 1.00 bits per heavy atom. The summed E-state index contributed by atoms with van der Waals surface area (Å²) in [5.74, 6) is 0. The number of aryl methyl sites for hydroxylation is 2. The lowest BCUT2D eigenvalue weighted by Gasteiger charge is -2.08. The van der Waals surface area contributed by atoms with Crippen molar-refractivity contribution in [1.29, 1.82) is 0 Å². The van der Waals surface area contributed by atoms with E-state index in [0.29, 0.717) is 0 Å². The van der Waals surface area contributed by atoms with Gasteiger partial charge in [0, 0.05) is 0 Å². The fourth-order valence-corrected chi connectivity index (χ4v) is 1.90. The second-order valence-corrected chi connectivity index (χ2v) is 4.03. The van der Waals surface area contributed by atoms with Crippen LogP contribution in [0.1, 0.15) is 42.4 Å². The van der Waals surface area contributed by atoms with Crippen molar-refractivity contribution in [2.75, 3.05) is 0 Å². The molecule has 0 aliphatic heterocycles. The van der Waals surface area contributed by atoms with E-state index < -0.39 is 0 Å². The summed E-state index contributed by atoms with van der Waals surface area (Å²) in [7, 11) is 0. The summed E-state index contributed by atoms with van der Waals surface area (Å²) in [6.45, 7) is 8.29. The standard InChI is InChI=1S/C14H21/c1-4-5-6-7-11-14-12(2)9-8-10-13(14)3/h8-10H,1,4-7,11H2,2-3H3. The second kappa shape index (κ2) is 5.85. The molecule has 1 aromatic rings. The Hall–Kier alpha value is -0.780. The molecule has 14 heavy (non-hydrogen) atoms. The molecule has 0 spiro atoms. The van der Waals surface area contributed by atoms with Gasteiger partial charge in [-0.2, -0.15) is 0 Å². The summed E-state index contributed by atoms with van der Waals surface area (Å²) in [6, 6.07) is 6.57. The lowest BCUT2D eigenvalue weighted by molar-refractivity contribution is 0.683. The molecule has 0 amide bonds. The van der Waals surface area contributed by atoms with Gasteiger partial charge in [-0.1, -0.05) is 44.4 Å². The van der Waals surface area contributed by atoms with Crippen LogP contribution >= 0.6 is 0 Å². The van der Waals surface area contributed by atoms with E-state index in [0.717, 1.165) is 6.42 Å². The SMILES string of the molecule is [CH2]CCCCCc1c(C)cccc1C. The summed E-state index contributed by atoms with van der Waals surface area (Å²) in [4.78, 5) is 0. The van der Waals surface area contributed by atoms with Crippen molar-refractivity contribution in [1.82, 2.24) is 0 Å². The lowest BCUT2D eigenvalue weighted by atomic mass is 9.97. The van der Waals surface area contributed by atoms with Crippen LogP contribution in [0.3, 0.4) is 0 Å². The van der Waals surface area contributed by atoms with Crippen molar-refractivity contribution in [2.24, 2.45) is 0 Å². The molecule has 0 aliphatic carbocycles. The molecule has 0 unspecified atom stereocenters. The monoisotopic (exact) mass is 189 g/mol. The van der Waals surface area contributed by atoms with Crippen LogP contribution in [0.2, 0.25) is 0 Å². The first-order valence-corrected chi connectivity index (χ1v) is 5.60. The van der Waals surface area contributed by atoms with Gasteiger partial charge in [-0.25, -0.2) is 0 Å². The molecular formula is C14H21. The molecule has 1 aromatic carbocycles. The van der Waals surface area contributed by atoms with E-state index in [4.69, 9.17) is 0 Å². The highest BCUT2D eigenvalue weighted by atomic mass is 14.1. The zero-order valence-corrected chi connectivity index (χ0v) is 9.47. The van der Waals surface area contributed by atoms with Gasteiger partial charge in [-0.3, -0.25) is 0 Å². The predicted molar refractivity (Wildman–Crippen MR) is 63.4 cm³/mol. The highest BCUT2D eigenvalue weighted by Crippen LogP contribution is 2.16. The molecule has 0 atom stereocenters. The molecule has 0 heterocycles. The number of hydrogen-bond acceptors (Lipinski definition) is 0. The van der Waals surface area contributed by atoms with Crippen molar-refractivity contribution < 1.29 is 0 Å². The number of benzene rings is 1. The number of unbranched alkanes of at least 4 members (excludes halogenated alkanes) is 3. The maximum Gasteiger partial charge on any atom is -0.0274 e. The summed E-state index contributed by atoms with van der Waals surface area (Å²) in [5.41, 5.74) is 4.44. The van der Waals surface area contributed by atoms with E-state index in [2.05, 4.69) is 39.0 Å². The fourth-order valence-electron chi connectivity index (χ4n) is 1.90. The predicted octanol–water partition coefficient (Wildman–Crippen LogP) is 4.24. The third-order valence-corrected chi connectivity index (χ3v) is 2.82. The van der Waals surface area contributed by atoms with Gasteiger partial charge in [0.25, 0.3) is 0 Å². The Labute approximate surface area is 88.4 Å². The minimum absolute atomic E-state index is 1.08. The molecule has 0 saturated carbocycles. The molecule has 0 heteroatoms. The average molecular weight is 189 g/mol. The molecular weight excluding hydrogens is 168 g/mol. The Kier molecular flexibility index (Phi) is 4.72. The van der Waals surface area contributed by atoms with Gasteiger partial charge in [0.1, 0.15) is 0 Å². The highest BCUT2D eigenvalue weighted by molar-refractivity contribution is 5.33. The minimum atomic E-state index is 1.08. The van der Waals surface area contributed by atoms with Crippen LogP contribution < -0.4 is 0 Å². The van der Waals surface area contributed by atoms with Crippen LogP contribution in [-0.2, 0) is 6.42 Å². The van der Waals surface area contributed by atoms with Gasteiger partial charge in [-0.15, -0.1) is 0 Å². The van der Waals surface area contributed by atoms with E-state index in [9.17, 15) is 0 Å². The molecule has 0 nitrogen and oxygen atoms in total. The van der Waals surface area contributed by atoms with E-state index in [1.54, 1.807) is 5.56 Å². The zero-order chi connectivity index (χ0) is 10.4. The van der Waals surface area contributed by atoms with Gasteiger partial charge in [0.2, 0.25) is 0 Å². The normalized spacial score (nSPS) is 10.5. The van der Waals surface area contributed by atoms with Crippen molar-refractivity contribution in [3.63, 3.8) is 0 Å². The van der Waals surface area contributed by atoms with Crippen molar-refractivity contribution in [3.05, 3.63) is 41.8 Å². The van der Waals surface area contributed by atoms with Gasteiger partial charge < -0.3 is 0 Å². The smallest absolute Gasteiger partial charge is 0.0274 e. The molecule has 0 saturated heterocycles. The van der Waals surface area contributed by atoms with Gasteiger partial charge in [0.15, 0.2) is 0 Å². The second-order valence-electron chi connectivity index (χ2n) is 4.03. The average Bonchev–Trinajstić information content (AvgIpc) is 2.16. The van der Waals surface area contributed by atoms with Crippen molar-refractivity contribution >= 4 is 0 Å². The Balaban J connectivity index is 2.49.